The van der Waals surface area contributed by atoms with Gasteiger partial charge in [0.15, 0.2) is 0 Å². The van der Waals surface area contributed by atoms with Crippen LogP contribution in [0.5, 0.6) is 0 Å². The fourth-order valence-corrected chi connectivity index (χ4v) is 4.67. The van der Waals surface area contributed by atoms with E-state index in [1.54, 1.807) is 23.2 Å². The van der Waals surface area contributed by atoms with E-state index < -0.39 is 6.04 Å². The van der Waals surface area contributed by atoms with Crippen LogP contribution in [-0.2, 0) is 11.2 Å². The van der Waals surface area contributed by atoms with Crippen LogP contribution in [0, 0.1) is 24.7 Å². The fourth-order valence-electron chi connectivity index (χ4n) is 3.45. The van der Waals surface area contributed by atoms with Crippen molar-refractivity contribution >= 4 is 39.5 Å². The minimum atomic E-state index is -0.599. The number of ketones is 1. The lowest BCUT2D eigenvalue weighted by atomic mass is 9.98. The molecule has 1 aromatic carbocycles. The molecule has 5 nitrogen and oxygen atoms in total. The summed E-state index contributed by atoms with van der Waals surface area (Å²) in [6.07, 6.45) is 1.12. The van der Waals surface area contributed by atoms with Gasteiger partial charge in [0, 0.05) is 22.4 Å². The van der Waals surface area contributed by atoms with Crippen molar-refractivity contribution in [3.8, 4) is 0 Å². The van der Waals surface area contributed by atoms with E-state index in [-0.39, 0.29) is 23.9 Å². The highest BCUT2D eigenvalue weighted by Gasteiger charge is 2.34. The Labute approximate surface area is 170 Å². The Bertz CT molecular complexity index is 985. The monoisotopic (exact) mass is 394 g/mol. The SMILES string of the molecule is CCc1ccc(C2=N[C@@H](CC(C)=O)C(=N)N(C(C)=N)c3sc(C)c(C)c32)cc1. The third-order valence-electron chi connectivity index (χ3n) is 5.10. The summed E-state index contributed by atoms with van der Waals surface area (Å²) in [4.78, 5) is 19.6. The number of carbonyl (C=O) groups is 1. The van der Waals surface area contributed by atoms with Crippen molar-refractivity contribution in [3.05, 3.63) is 51.4 Å². The molecule has 0 unspecified atom stereocenters. The number of carbonyl (C=O) groups excluding carboxylic acids is 1. The van der Waals surface area contributed by atoms with E-state index in [1.165, 1.54) is 12.5 Å². The van der Waals surface area contributed by atoms with Crippen LogP contribution < -0.4 is 4.90 Å². The van der Waals surface area contributed by atoms with Gasteiger partial charge in [0.1, 0.15) is 28.5 Å². The second-order valence-electron chi connectivity index (χ2n) is 7.22. The van der Waals surface area contributed by atoms with Gasteiger partial charge in [-0.2, -0.15) is 0 Å². The predicted molar refractivity (Wildman–Crippen MR) is 118 cm³/mol. The number of hydrogen-bond donors (Lipinski definition) is 2. The van der Waals surface area contributed by atoms with Crippen molar-refractivity contribution in [2.45, 2.75) is 53.5 Å². The molecule has 0 fully saturated rings. The smallest absolute Gasteiger partial charge is 0.132 e. The van der Waals surface area contributed by atoms with Crippen LogP contribution in [0.15, 0.2) is 29.3 Å². The van der Waals surface area contributed by atoms with Gasteiger partial charge in [0.2, 0.25) is 0 Å². The van der Waals surface area contributed by atoms with Gasteiger partial charge < -0.3 is 0 Å². The lowest BCUT2D eigenvalue weighted by Crippen LogP contribution is -2.40. The van der Waals surface area contributed by atoms with Crippen molar-refractivity contribution in [3.63, 3.8) is 0 Å². The van der Waals surface area contributed by atoms with Gasteiger partial charge in [-0.25, -0.2) is 0 Å². The number of anilines is 1. The molecule has 0 amide bonds. The molecule has 0 saturated heterocycles. The van der Waals surface area contributed by atoms with Gasteiger partial charge in [-0.3, -0.25) is 25.5 Å². The molecule has 1 aliphatic rings. The molecule has 2 aromatic rings. The summed E-state index contributed by atoms with van der Waals surface area (Å²) in [5.41, 5.74) is 5.11. The van der Waals surface area contributed by atoms with E-state index in [4.69, 9.17) is 15.8 Å². The number of aryl methyl sites for hydroxylation is 2. The summed E-state index contributed by atoms with van der Waals surface area (Å²) in [7, 11) is 0. The van der Waals surface area contributed by atoms with E-state index in [0.717, 1.165) is 38.7 Å². The van der Waals surface area contributed by atoms with Gasteiger partial charge in [0.05, 0.1) is 5.71 Å². The number of amidine groups is 2. The van der Waals surface area contributed by atoms with Crippen LogP contribution in [-0.4, -0.2) is 29.2 Å². The van der Waals surface area contributed by atoms with Crippen LogP contribution >= 0.6 is 11.3 Å². The maximum absolute atomic E-state index is 11.9. The maximum atomic E-state index is 11.9. The number of rotatable bonds is 4. The number of nitrogens with one attached hydrogen (secondary N) is 2. The molecule has 1 aromatic heterocycles. The number of nitrogens with zero attached hydrogens (tertiary/aromatic N) is 2. The number of hydrogen-bond acceptors (Lipinski definition) is 5. The van der Waals surface area contributed by atoms with E-state index in [0.29, 0.717) is 0 Å². The summed E-state index contributed by atoms with van der Waals surface area (Å²) in [6.45, 7) is 9.44. The average Bonchev–Trinajstić information content (AvgIpc) is 2.86. The molecule has 1 atom stereocenters. The Balaban J connectivity index is 2.28. The highest BCUT2D eigenvalue weighted by Crippen LogP contribution is 2.40. The van der Waals surface area contributed by atoms with E-state index in [2.05, 4.69) is 45.0 Å². The fraction of sp³-hybridized carbons (Fsp3) is 0.364. The maximum Gasteiger partial charge on any atom is 0.132 e. The van der Waals surface area contributed by atoms with Gasteiger partial charge in [-0.1, -0.05) is 31.2 Å². The Morgan fingerprint density at radius 1 is 1.21 bits per heavy atom. The molecule has 146 valence electrons. The summed E-state index contributed by atoms with van der Waals surface area (Å²) < 4.78 is 0. The predicted octanol–water partition coefficient (Wildman–Crippen LogP) is 4.91. The van der Waals surface area contributed by atoms with Crippen LogP contribution in [0.1, 0.15) is 54.3 Å². The zero-order valence-corrected chi connectivity index (χ0v) is 17.8. The van der Waals surface area contributed by atoms with Crippen molar-refractivity contribution in [2.24, 2.45) is 4.99 Å². The molecule has 0 saturated carbocycles. The first-order valence-electron chi connectivity index (χ1n) is 9.45. The topological polar surface area (TPSA) is 80.4 Å². The number of benzene rings is 1. The van der Waals surface area contributed by atoms with Gasteiger partial charge >= 0.3 is 0 Å². The molecule has 0 spiro atoms. The van der Waals surface area contributed by atoms with Gasteiger partial charge in [-0.15, -0.1) is 11.3 Å². The van der Waals surface area contributed by atoms with Crippen molar-refractivity contribution in [2.75, 3.05) is 4.90 Å². The van der Waals surface area contributed by atoms with E-state index in [9.17, 15) is 4.79 Å². The van der Waals surface area contributed by atoms with Crippen molar-refractivity contribution in [1.29, 1.82) is 10.8 Å². The molecule has 3 rings (SSSR count). The molecular weight excluding hydrogens is 368 g/mol. The molecule has 6 heteroatoms. The number of thiophene rings is 1. The normalized spacial score (nSPS) is 16.5. The van der Waals surface area contributed by atoms with Crippen LogP contribution in [0.25, 0.3) is 0 Å². The second kappa shape index (κ2) is 7.80. The Hall–Kier alpha value is -2.60. The Morgan fingerprint density at radius 2 is 1.86 bits per heavy atom. The molecule has 2 heterocycles. The summed E-state index contributed by atoms with van der Waals surface area (Å²) >= 11 is 1.58. The minimum Gasteiger partial charge on any atom is -0.300 e. The second-order valence-corrected chi connectivity index (χ2v) is 8.42. The Kier molecular flexibility index (Phi) is 5.61. The largest absolute Gasteiger partial charge is 0.300 e. The number of Topliss-reactive ketones (excluding diaryl/α,β-unsaturated/α-hetero) is 1. The molecule has 1 aliphatic heterocycles. The van der Waals surface area contributed by atoms with E-state index >= 15 is 0 Å². The summed E-state index contributed by atoms with van der Waals surface area (Å²) in [5, 5.41) is 17.8. The highest BCUT2D eigenvalue weighted by molar-refractivity contribution is 7.17. The molecule has 0 bridgehead atoms. The number of aliphatic imine (C=N–C) groups is 1. The Morgan fingerprint density at radius 3 is 2.39 bits per heavy atom. The van der Waals surface area contributed by atoms with Crippen LogP contribution in [0.4, 0.5) is 5.00 Å². The van der Waals surface area contributed by atoms with Crippen LogP contribution in [0.2, 0.25) is 0 Å². The summed E-state index contributed by atoms with van der Waals surface area (Å²) in [6, 6.07) is 7.73. The minimum absolute atomic E-state index is 0.0140. The zero-order valence-electron chi connectivity index (χ0n) is 17.0. The zero-order chi connectivity index (χ0) is 20.6. The summed E-state index contributed by atoms with van der Waals surface area (Å²) in [5.74, 6) is 0.434. The highest BCUT2D eigenvalue weighted by atomic mass is 32.1. The average molecular weight is 395 g/mol. The third kappa shape index (κ3) is 3.56. The van der Waals surface area contributed by atoms with Gasteiger partial charge in [-0.05, 0) is 45.2 Å². The first-order valence-corrected chi connectivity index (χ1v) is 10.3. The first kappa shape index (κ1) is 20.1. The quantitative estimate of drug-likeness (QED) is 0.571. The third-order valence-corrected chi connectivity index (χ3v) is 6.29. The number of fused-ring (bicyclic) bond motifs is 1. The molecule has 2 N–H and O–H groups in total. The van der Waals surface area contributed by atoms with Crippen LogP contribution in [0.3, 0.4) is 0 Å². The van der Waals surface area contributed by atoms with Crippen molar-refractivity contribution < 1.29 is 4.79 Å². The van der Waals surface area contributed by atoms with E-state index in [1.807, 2.05) is 0 Å². The molecule has 0 aliphatic carbocycles. The standard InChI is InChI=1S/C22H26N4OS/c1-6-16-7-9-17(10-8-16)20-19-13(3)14(4)28-22(19)26(15(5)23)21(24)18(25-20)11-12(2)27/h7-10,18,23-24H,6,11H2,1-5H3/t18-/m0/s1. The van der Waals surface area contributed by atoms with Gasteiger partial charge in [0.25, 0.3) is 0 Å². The lowest BCUT2D eigenvalue weighted by Gasteiger charge is -2.24. The molecular formula is C22H26N4OS. The van der Waals surface area contributed by atoms with Crippen molar-refractivity contribution in [1.82, 2.24) is 0 Å². The lowest BCUT2D eigenvalue weighted by molar-refractivity contribution is -0.117. The first-order chi connectivity index (χ1) is 13.2. The molecule has 0 radical (unpaired) electrons. The molecule has 28 heavy (non-hydrogen) atoms.